The summed E-state index contributed by atoms with van der Waals surface area (Å²) in [4.78, 5) is 14.7. The van der Waals surface area contributed by atoms with E-state index < -0.39 is 6.04 Å². The van der Waals surface area contributed by atoms with Crippen molar-refractivity contribution in [3.05, 3.63) is 34.0 Å². The number of rotatable bonds is 4. The zero-order valence-electron chi connectivity index (χ0n) is 14.3. The van der Waals surface area contributed by atoms with Gasteiger partial charge in [0.15, 0.2) is 22.4 Å². The number of phenols is 1. The normalized spacial score (nSPS) is 20.4. The van der Waals surface area contributed by atoms with Gasteiger partial charge in [-0.3, -0.25) is 4.79 Å². The molecule has 25 heavy (non-hydrogen) atoms. The molecule has 134 valence electrons. The summed E-state index contributed by atoms with van der Waals surface area (Å²) >= 11 is 11.7. The van der Waals surface area contributed by atoms with Crippen LogP contribution in [-0.2, 0) is 4.79 Å². The summed E-state index contributed by atoms with van der Waals surface area (Å²) in [5.74, 6) is 0.332. The summed E-state index contributed by atoms with van der Waals surface area (Å²) in [5, 5.41) is 14.8. The molecule has 1 atom stereocenters. The first-order valence-corrected chi connectivity index (χ1v) is 9.17. The van der Waals surface area contributed by atoms with Crippen molar-refractivity contribution in [3.8, 4) is 11.5 Å². The molecule has 0 aromatic heterocycles. The SMILES string of the molecule is CCCN1C(=S)NC(c2cc(Cl)cc(OC)c2O)C2=C1CCCC2=O. The second-order valence-corrected chi connectivity index (χ2v) is 7.04. The molecule has 7 heteroatoms. The smallest absolute Gasteiger partial charge is 0.173 e. The number of Topliss-reactive ketones (excluding diaryl/α,β-unsaturated/α-hetero) is 1. The van der Waals surface area contributed by atoms with Gasteiger partial charge >= 0.3 is 0 Å². The van der Waals surface area contributed by atoms with Crippen LogP contribution in [0.15, 0.2) is 23.4 Å². The largest absolute Gasteiger partial charge is 0.504 e. The predicted molar refractivity (Wildman–Crippen MR) is 101 cm³/mol. The third-order valence-corrected chi connectivity index (χ3v) is 5.16. The Morgan fingerprint density at radius 3 is 2.88 bits per heavy atom. The number of ether oxygens (including phenoxy) is 1. The first-order chi connectivity index (χ1) is 12.0. The van der Waals surface area contributed by atoms with Crippen molar-refractivity contribution < 1.29 is 14.6 Å². The molecule has 1 aliphatic heterocycles. The topological polar surface area (TPSA) is 61.8 Å². The van der Waals surface area contributed by atoms with E-state index in [9.17, 15) is 9.90 Å². The Morgan fingerprint density at radius 1 is 1.44 bits per heavy atom. The summed E-state index contributed by atoms with van der Waals surface area (Å²) in [7, 11) is 1.47. The van der Waals surface area contributed by atoms with E-state index in [2.05, 4.69) is 12.2 Å². The van der Waals surface area contributed by atoms with Gasteiger partial charge in [0.2, 0.25) is 0 Å². The lowest BCUT2D eigenvalue weighted by Crippen LogP contribution is -2.49. The summed E-state index contributed by atoms with van der Waals surface area (Å²) in [5.41, 5.74) is 2.14. The molecule has 1 aromatic rings. The fraction of sp³-hybridized carbons (Fsp3) is 0.444. The van der Waals surface area contributed by atoms with Crippen LogP contribution in [0.25, 0.3) is 0 Å². The van der Waals surface area contributed by atoms with Gasteiger partial charge in [0, 0.05) is 40.9 Å². The van der Waals surface area contributed by atoms with Gasteiger partial charge in [0.25, 0.3) is 0 Å². The van der Waals surface area contributed by atoms with E-state index in [-0.39, 0.29) is 17.3 Å². The van der Waals surface area contributed by atoms with Gasteiger partial charge in [-0.2, -0.15) is 0 Å². The number of thiocarbonyl (C=S) groups is 1. The van der Waals surface area contributed by atoms with Crippen LogP contribution in [0, 0.1) is 0 Å². The minimum atomic E-state index is -0.518. The molecular formula is C18H21ClN2O3S. The van der Waals surface area contributed by atoms with Crippen molar-refractivity contribution in [2.45, 2.75) is 38.6 Å². The molecule has 0 fully saturated rings. The number of nitrogens with zero attached hydrogens (tertiary/aromatic N) is 1. The monoisotopic (exact) mass is 380 g/mol. The summed E-state index contributed by atoms with van der Waals surface area (Å²) < 4.78 is 5.20. The Morgan fingerprint density at radius 2 is 2.20 bits per heavy atom. The molecule has 2 N–H and O–H groups in total. The average molecular weight is 381 g/mol. The molecule has 0 amide bonds. The first kappa shape index (κ1) is 18.0. The number of phenolic OH excluding ortho intramolecular Hbond substituents is 1. The fourth-order valence-electron chi connectivity index (χ4n) is 3.51. The van der Waals surface area contributed by atoms with Crippen molar-refractivity contribution in [2.75, 3.05) is 13.7 Å². The second-order valence-electron chi connectivity index (χ2n) is 6.22. The number of allylic oxidation sites excluding steroid dienone is 1. The predicted octanol–water partition coefficient (Wildman–Crippen LogP) is 3.70. The highest BCUT2D eigenvalue weighted by Crippen LogP contribution is 2.43. The van der Waals surface area contributed by atoms with E-state index in [1.165, 1.54) is 7.11 Å². The number of nitrogens with one attached hydrogen (secondary N) is 1. The van der Waals surface area contributed by atoms with Crippen molar-refractivity contribution in [3.63, 3.8) is 0 Å². The molecule has 0 radical (unpaired) electrons. The lowest BCUT2D eigenvalue weighted by Gasteiger charge is -2.41. The van der Waals surface area contributed by atoms with Crippen molar-refractivity contribution >= 4 is 34.7 Å². The van der Waals surface area contributed by atoms with E-state index in [0.717, 1.165) is 31.5 Å². The highest BCUT2D eigenvalue weighted by Gasteiger charge is 2.38. The van der Waals surface area contributed by atoms with Crippen LogP contribution in [0.5, 0.6) is 11.5 Å². The third kappa shape index (κ3) is 3.20. The standard InChI is InChI=1S/C18H21ClN2O3S/c1-3-7-21-12-5-4-6-13(22)15(12)16(20-18(21)25)11-8-10(19)9-14(24-2)17(11)23/h8-9,16,23H,3-7H2,1-2H3,(H,20,25). The Labute approximate surface area is 157 Å². The second kappa shape index (κ2) is 7.22. The van der Waals surface area contributed by atoms with Crippen LogP contribution in [0.1, 0.15) is 44.2 Å². The Balaban J connectivity index is 2.16. The molecule has 3 rings (SSSR count). The van der Waals surface area contributed by atoms with Crippen LogP contribution in [0.2, 0.25) is 5.02 Å². The molecule has 1 unspecified atom stereocenters. The lowest BCUT2D eigenvalue weighted by molar-refractivity contribution is -0.116. The molecule has 0 bridgehead atoms. The molecule has 1 heterocycles. The van der Waals surface area contributed by atoms with Gasteiger partial charge in [-0.1, -0.05) is 18.5 Å². The number of hydrogen-bond acceptors (Lipinski definition) is 4. The fourth-order valence-corrected chi connectivity index (χ4v) is 4.05. The molecule has 2 aliphatic rings. The third-order valence-electron chi connectivity index (χ3n) is 4.60. The van der Waals surface area contributed by atoms with Crippen molar-refractivity contribution in [2.24, 2.45) is 0 Å². The van der Waals surface area contributed by atoms with E-state index in [0.29, 0.717) is 27.7 Å². The van der Waals surface area contributed by atoms with Gasteiger partial charge in [-0.25, -0.2) is 0 Å². The first-order valence-electron chi connectivity index (χ1n) is 8.38. The van der Waals surface area contributed by atoms with Crippen molar-refractivity contribution in [1.29, 1.82) is 0 Å². The zero-order valence-corrected chi connectivity index (χ0v) is 15.8. The maximum absolute atomic E-state index is 12.7. The molecule has 5 nitrogen and oxygen atoms in total. The van der Waals surface area contributed by atoms with E-state index in [4.69, 9.17) is 28.6 Å². The van der Waals surface area contributed by atoms with Gasteiger partial charge in [0.05, 0.1) is 13.2 Å². The number of carbonyl (C=O) groups excluding carboxylic acids is 1. The molecule has 1 aromatic carbocycles. The summed E-state index contributed by atoms with van der Waals surface area (Å²) in [6.07, 6.45) is 3.05. The lowest BCUT2D eigenvalue weighted by atomic mass is 9.84. The summed E-state index contributed by atoms with van der Waals surface area (Å²) in [6.45, 7) is 2.84. The molecule has 0 saturated carbocycles. The van der Waals surface area contributed by atoms with E-state index in [1.807, 2.05) is 4.90 Å². The highest BCUT2D eigenvalue weighted by atomic mass is 35.5. The minimum Gasteiger partial charge on any atom is -0.504 e. The zero-order chi connectivity index (χ0) is 18.1. The van der Waals surface area contributed by atoms with Crippen LogP contribution in [0.3, 0.4) is 0 Å². The Bertz CT molecular complexity index is 763. The Hall–Kier alpha value is -1.79. The number of aromatic hydroxyl groups is 1. The maximum atomic E-state index is 12.7. The van der Waals surface area contributed by atoms with E-state index in [1.54, 1.807) is 12.1 Å². The van der Waals surface area contributed by atoms with Gasteiger partial charge < -0.3 is 20.1 Å². The van der Waals surface area contributed by atoms with Crippen LogP contribution in [0.4, 0.5) is 0 Å². The van der Waals surface area contributed by atoms with Crippen LogP contribution >= 0.6 is 23.8 Å². The van der Waals surface area contributed by atoms with E-state index >= 15 is 0 Å². The number of methoxy groups -OCH3 is 1. The van der Waals surface area contributed by atoms with Gasteiger partial charge in [0.1, 0.15) is 0 Å². The van der Waals surface area contributed by atoms with Crippen LogP contribution < -0.4 is 10.1 Å². The van der Waals surface area contributed by atoms with Gasteiger partial charge in [-0.15, -0.1) is 0 Å². The number of carbonyl (C=O) groups is 1. The van der Waals surface area contributed by atoms with Crippen LogP contribution in [-0.4, -0.2) is 34.6 Å². The average Bonchev–Trinajstić information content (AvgIpc) is 2.59. The number of hydrogen-bond donors (Lipinski definition) is 2. The quantitative estimate of drug-likeness (QED) is 0.776. The molecule has 1 aliphatic carbocycles. The molecule has 0 spiro atoms. The number of ketones is 1. The molecule has 0 saturated heterocycles. The van der Waals surface area contributed by atoms with Crippen molar-refractivity contribution in [1.82, 2.24) is 10.2 Å². The summed E-state index contributed by atoms with van der Waals surface area (Å²) in [6, 6.07) is 2.68. The molecular weight excluding hydrogens is 360 g/mol. The Kier molecular flexibility index (Phi) is 5.20. The number of halogens is 1. The highest BCUT2D eigenvalue weighted by molar-refractivity contribution is 7.80. The van der Waals surface area contributed by atoms with Gasteiger partial charge in [-0.05, 0) is 37.5 Å². The minimum absolute atomic E-state index is 0.0265. The number of benzene rings is 1. The maximum Gasteiger partial charge on any atom is 0.173 e.